The Morgan fingerprint density at radius 3 is 2.82 bits per heavy atom. The number of aryl methyl sites for hydroxylation is 1. The van der Waals surface area contributed by atoms with Crippen LogP contribution in [0.4, 0.5) is 5.69 Å². The highest BCUT2D eigenvalue weighted by Gasteiger charge is 2.18. The van der Waals surface area contributed by atoms with Gasteiger partial charge in [0.05, 0.1) is 19.3 Å². The van der Waals surface area contributed by atoms with Crippen LogP contribution >= 0.6 is 0 Å². The Balaban J connectivity index is 1.61. The van der Waals surface area contributed by atoms with Gasteiger partial charge in [-0.15, -0.1) is 0 Å². The molecule has 0 spiro atoms. The molecule has 2 aliphatic heterocycles. The lowest BCUT2D eigenvalue weighted by Gasteiger charge is -2.31. The normalized spacial score (nSPS) is 20.7. The van der Waals surface area contributed by atoms with Crippen LogP contribution in [0.3, 0.4) is 0 Å². The maximum Gasteiger partial charge on any atom is 0.0802 e. The maximum atomic E-state index is 10.5. The van der Waals surface area contributed by atoms with Gasteiger partial charge in [-0.2, -0.15) is 0 Å². The average molecular weight is 304 g/mol. The van der Waals surface area contributed by atoms with Gasteiger partial charge in [0.2, 0.25) is 0 Å². The van der Waals surface area contributed by atoms with Gasteiger partial charge in [0.25, 0.3) is 0 Å². The van der Waals surface area contributed by atoms with Crippen molar-refractivity contribution in [3.8, 4) is 0 Å². The van der Waals surface area contributed by atoms with Crippen LogP contribution in [0.1, 0.15) is 37.0 Å². The molecule has 0 radical (unpaired) electrons. The van der Waals surface area contributed by atoms with Gasteiger partial charge in [-0.25, -0.2) is 0 Å². The largest absolute Gasteiger partial charge is 0.388 e. The zero-order valence-corrected chi connectivity index (χ0v) is 13.6. The first-order chi connectivity index (χ1) is 10.8. The molecule has 0 aromatic heterocycles. The Hall–Kier alpha value is -1.10. The molecule has 122 valence electrons. The van der Waals surface area contributed by atoms with E-state index >= 15 is 0 Å². The van der Waals surface area contributed by atoms with Crippen molar-refractivity contribution in [1.82, 2.24) is 4.90 Å². The number of nitrogens with zero attached hydrogens (tertiary/aromatic N) is 2. The summed E-state index contributed by atoms with van der Waals surface area (Å²) in [5.41, 5.74) is 3.83. The summed E-state index contributed by atoms with van der Waals surface area (Å²) in [6.45, 7) is 8.99. The Bertz CT molecular complexity index is 486. The first kappa shape index (κ1) is 15.8. The number of morpholine rings is 1. The number of hydrogen-bond acceptors (Lipinski definition) is 4. The highest BCUT2D eigenvalue weighted by Crippen LogP contribution is 2.30. The second kappa shape index (κ2) is 7.44. The van der Waals surface area contributed by atoms with Crippen LogP contribution in [0.25, 0.3) is 0 Å². The minimum Gasteiger partial charge on any atom is -0.388 e. The van der Waals surface area contributed by atoms with Gasteiger partial charge in [0.1, 0.15) is 0 Å². The van der Waals surface area contributed by atoms with Crippen molar-refractivity contribution in [1.29, 1.82) is 0 Å². The van der Waals surface area contributed by atoms with E-state index < -0.39 is 0 Å². The quantitative estimate of drug-likeness (QED) is 0.905. The third kappa shape index (κ3) is 3.62. The number of aliphatic hydroxyl groups excluding tert-OH is 1. The van der Waals surface area contributed by atoms with Crippen LogP contribution < -0.4 is 4.90 Å². The Morgan fingerprint density at radius 2 is 2.05 bits per heavy atom. The lowest BCUT2D eigenvalue weighted by Crippen LogP contribution is -2.37. The van der Waals surface area contributed by atoms with Gasteiger partial charge < -0.3 is 14.7 Å². The van der Waals surface area contributed by atoms with Crippen molar-refractivity contribution in [2.45, 2.75) is 32.3 Å². The number of rotatable bonds is 5. The zero-order valence-electron chi connectivity index (χ0n) is 13.6. The third-order valence-corrected chi connectivity index (χ3v) is 4.91. The molecule has 1 saturated heterocycles. The summed E-state index contributed by atoms with van der Waals surface area (Å²) in [6.07, 6.45) is 2.80. The predicted octanol–water partition coefficient (Wildman–Crippen LogP) is 2.21. The molecule has 2 heterocycles. The van der Waals surface area contributed by atoms with E-state index in [9.17, 15) is 5.11 Å². The van der Waals surface area contributed by atoms with Crippen LogP contribution in [-0.4, -0.2) is 55.9 Å². The van der Waals surface area contributed by atoms with Crippen LogP contribution in [-0.2, 0) is 11.2 Å². The molecule has 0 saturated carbocycles. The lowest BCUT2D eigenvalue weighted by atomic mass is 9.96. The van der Waals surface area contributed by atoms with Crippen LogP contribution in [0.2, 0.25) is 0 Å². The molecular weight excluding hydrogens is 276 g/mol. The van der Waals surface area contributed by atoms with Crippen molar-refractivity contribution in [3.05, 3.63) is 29.3 Å². The van der Waals surface area contributed by atoms with Crippen LogP contribution in [0, 0.1) is 0 Å². The topological polar surface area (TPSA) is 35.9 Å². The van der Waals surface area contributed by atoms with E-state index in [1.807, 2.05) is 0 Å². The van der Waals surface area contributed by atoms with Gasteiger partial charge in [-0.3, -0.25) is 4.90 Å². The second-order valence-corrected chi connectivity index (χ2v) is 6.33. The molecule has 1 unspecified atom stereocenters. The van der Waals surface area contributed by atoms with E-state index in [-0.39, 0.29) is 6.10 Å². The van der Waals surface area contributed by atoms with Gasteiger partial charge in [0, 0.05) is 38.4 Å². The number of anilines is 1. The van der Waals surface area contributed by atoms with Gasteiger partial charge >= 0.3 is 0 Å². The highest BCUT2D eigenvalue weighted by molar-refractivity contribution is 5.57. The zero-order chi connectivity index (χ0) is 15.4. The van der Waals surface area contributed by atoms with E-state index in [0.717, 1.165) is 64.3 Å². The average Bonchev–Trinajstić information content (AvgIpc) is 2.59. The maximum absolute atomic E-state index is 10.5. The number of aliphatic hydroxyl groups is 1. The molecule has 0 aliphatic carbocycles. The van der Waals surface area contributed by atoms with Crippen LogP contribution in [0.15, 0.2) is 18.2 Å². The van der Waals surface area contributed by atoms with Crippen molar-refractivity contribution in [3.63, 3.8) is 0 Å². The van der Waals surface area contributed by atoms with E-state index in [2.05, 4.69) is 34.9 Å². The summed E-state index contributed by atoms with van der Waals surface area (Å²) < 4.78 is 5.37. The SMILES string of the molecule is CCN1CCCc2cc(C(O)CCN3CCOCC3)ccc21. The third-order valence-electron chi connectivity index (χ3n) is 4.91. The van der Waals surface area contributed by atoms with Crippen molar-refractivity contribution < 1.29 is 9.84 Å². The molecule has 2 aliphatic rings. The molecule has 0 amide bonds. The molecule has 1 N–H and O–H groups in total. The molecule has 4 heteroatoms. The molecule has 4 nitrogen and oxygen atoms in total. The van der Waals surface area contributed by atoms with E-state index in [0.29, 0.717) is 0 Å². The highest BCUT2D eigenvalue weighted by atomic mass is 16.5. The summed E-state index contributed by atoms with van der Waals surface area (Å²) >= 11 is 0. The fourth-order valence-corrected chi connectivity index (χ4v) is 3.53. The number of ether oxygens (including phenoxy) is 1. The lowest BCUT2D eigenvalue weighted by molar-refractivity contribution is 0.0300. The predicted molar refractivity (Wildman–Crippen MR) is 89.5 cm³/mol. The molecule has 1 fully saturated rings. The summed E-state index contributed by atoms with van der Waals surface area (Å²) in [4.78, 5) is 4.81. The molecule has 22 heavy (non-hydrogen) atoms. The first-order valence-corrected chi connectivity index (χ1v) is 8.64. The standard InChI is InChI=1S/C18H28N2O2/c1-2-20-8-3-4-15-14-16(5-6-17(15)20)18(21)7-9-19-10-12-22-13-11-19/h5-6,14,18,21H,2-4,7-13H2,1H3. The van der Waals surface area contributed by atoms with Gasteiger partial charge in [-0.1, -0.05) is 12.1 Å². The molecule has 1 aromatic carbocycles. The summed E-state index contributed by atoms with van der Waals surface area (Å²) in [5, 5.41) is 10.5. The van der Waals surface area contributed by atoms with Crippen molar-refractivity contribution in [2.24, 2.45) is 0 Å². The summed E-state index contributed by atoms with van der Waals surface area (Å²) in [7, 11) is 0. The Labute approximate surface area is 133 Å². The monoisotopic (exact) mass is 304 g/mol. The summed E-state index contributed by atoms with van der Waals surface area (Å²) in [6, 6.07) is 6.53. The minimum atomic E-state index is -0.356. The number of benzene rings is 1. The van der Waals surface area contributed by atoms with Crippen molar-refractivity contribution >= 4 is 5.69 Å². The van der Waals surface area contributed by atoms with Crippen LogP contribution in [0.5, 0.6) is 0 Å². The summed E-state index contributed by atoms with van der Waals surface area (Å²) in [5.74, 6) is 0. The molecule has 0 bridgehead atoms. The number of fused-ring (bicyclic) bond motifs is 1. The molecular formula is C18H28N2O2. The Kier molecular flexibility index (Phi) is 5.34. The smallest absolute Gasteiger partial charge is 0.0802 e. The van der Waals surface area contributed by atoms with Crippen molar-refractivity contribution in [2.75, 3.05) is 50.8 Å². The van der Waals surface area contributed by atoms with Gasteiger partial charge in [-0.05, 0) is 43.4 Å². The first-order valence-electron chi connectivity index (χ1n) is 8.64. The van der Waals surface area contributed by atoms with E-state index in [1.165, 1.54) is 17.7 Å². The number of hydrogen-bond donors (Lipinski definition) is 1. The molecule has 1 atom stereocenters. The van der Waals surface area contributed by atoms with E-state index in [1.54, 1.807) is 0 Å². The fourth-order valence-electron chi connectivity index (χ4n) is 3.53. The Morgan fingerprint density at radius 1 is 1.23 bits per heavy atom. The molecule has 1 aromatic rings. The molecule has 3 rings (SSSR count). The second-order valence-electron chi connectivity index (χ2n) is 6.33. The fraction of sp³-hybridized carbons (Fsp3) is 0.667. The van der Waals surface area contributed by atoms with Gasteiger partial charge in [0.15, 0.2) is 0 Å². The van der Waals surface area contributed by atoms with E-state index in [4.69, 9.17) is 4.74 Å². The minimum absolute atomic E-state index is 0.356.